The molecule has 84 valence electrons. The van der Waals surface area contributed by atoms with E-state index in [0.29, 0.717) is 23.3 Å². The van der Waals surface area contributed by atoms with Gasteiger partial charge in [-0.15, -0.1) is 0 Å². The van der Waals surface area contributed by atoms with Crippen molar-refractivity contribution in [3.05, 3.63) is 28.5 Å². The first kappa shape index (κ1) is 11.1. The molecule has 1 aliphatic rings. The Kier molecular flexibility index (Phi) is 3.19. The molecule has 6 heteroatoms. The molecular formula is C10H10BrN3O2. The van der Waals surface area contributed by atoms with Gasteiger partial charge in [-0.05, 0) is 28.1 Å². The van der Waals surface area contributed by atoms with Crippen molar-refractivity contribution < 1.29 is 9.59 Å². The van der Waals surface area contributed by atoms with Crippen LogP contribution in [0.5, 0.6) is 0 Å². The van der Waals surface area contributed by atoms with Crippen LogP contribution in [-0.2, 0) is 4.79 Å². The highest BCUT2D eigenvalue weighted by Gasteiger charge is 2.22. The molecule has 2 heterocycles. The van der Waals surface area contributed by atoms with E-state index in [0.717, 1.165) is 0 Å². The highest BCUT2D eigenvalue weighted by Crippen LogP contribution is 2.09. The van der Waals surface area contributed by atoms with Crippen LogP contribution in [0, 0.1) is 0 Å². The predicted octanol–water partition coefficient (Wildman–Crippen LogP) is 0.416. The summed E-state index contributed by atoms with van der Waals surface area (Å²) in [5.74, 6) is -0.278. The number of carbonyl (C=O) groups excluding carboxylic acids is 2. The minimum Gasteiger partial charge on any atom is -0.353 e. The summed E-state index contributed by atoms with van der Waals surface area (Å²) in [5, 5.41) is 2.67. The molecular weight excluding hydrogens is 274 g/mol. The summed E-state index contributed by atoms with van der Waals surface area (Å²) < 4.78 is 0.681. The smallest absolute Gasteiger partial charge is 0.255 e. The number of nitrogens with zero attached hydrogens (tertiary/aromatic N) is 2. The van der Waals surface area contributed by atoms with Gasteiger partial charge in [-0.3, -0.25) is 9.59 Å². The SMILES string of the molecule is O=C1CN(C(=O)c2ccc(Br)nc2)CCN1. The normalized spacial score (nSPS) is 15.8. The van der Waals surface area contributed by atoms with Gasteiger partial charge in [0.25, 0.3) is 5.91 Å². The van der Waals surface area contributed by atoms with E-state index in [1.54, 1.807) is 12.1 Å². The van der Waals surface area contributed by atoms with E-state index in [9.17, 15) is 9.59 Å². The molecule has 2 amide bonds. The van der Waals surface area contributed by atoms with Gasteiger partial charge in [0.15, 0.2) is 0 Å². The number of piperazine rings is 1. The third kappa shape index (κ3) is 2.38. The molecule has 1 N–H and O–H groups in total. The summed E-state index contributed by atoms with van der Waals surface area (Å²) in [6.07, 6.45) is 1.50. The average Bonchev–Trinajstić information content (AvgIpc) is 2.29. The molecule has 0 aliphatic carbocycles. The first-order valence-electron chi connectivity index (χ1n) is 4.84. The van der Waals surface area contributed by atoms with Crippen molar-refractivity contribution in [2.24, 2.45) is 0 Å². The summed E-state index contributed by atoms with van der Waals surface area (Å²) in [6.45, 7) is 1.17. The van der Waals surface area contributed by atoms with Gasteiger partial charge in [0.05, 0.1) is 12.1 Å². The Bertz CT molecular complexity index is 419. The third-order valence-corrected chi connectivity index (χ3v) is 2.77. The van der Waals surface area contributed by atoms with Crippen molar-refractivity contribution in [2.75, 3.05) is 19.6 Å². The number of amides is 2. The van der Waals surface area contributed by atoms with Crippen LogP contribution in [0.1, 0.15) is 10.4 Å². The summed E-state index contributed by atoms with van der Waals surface area (Å²) in [5.41, 5.74) is 0.498. The first-order valence-corrected chi connectivity index (χ1v) is 5.63. The van der Waals surface area contributed by atoms with Gasteiger partial charge < -0.3 is 10.2 Å². The highest BCUT2D eigenvalue weighted by molar-refractivity contribution is 9.10. The van der Waals surface area contributed by atoms with Crippen LogP contribution in [0.15, 0.2) is 22.9 Å². The van der Waals surface area contributed by atoms with E-state index >= 15 is 0 Å². The second kappa shape index (κ2) is 4.61. The van der Waals surface area contributed by atoms with Gasteiger partial charge in [0.2, 0.25) is 5.91 Å². The van der Waals surface area contributed by atoms with Gasteiger partial charge in [0, 0.05) is 19.3 Å². The average molecular weight is 284 g/mol. The van der Waals surface area contributed by atoms with E-state index in [1.807, 2.05) is 0 Å². The monoisotopic (exact) mass is 283 g/mol. The minimum absolute atomic E-state index is 0.120. The fraction of sp³-hybridized carbons (Fsp3) is 0.300. The molecule has 1 saturated heterocycles. The van der Waals surface area contributed by atoms with Gasteiger partial charge in [-0.1, -0.05) is 0 Å². The maximum atomic E-state index is 11.9. The highest BCUT2D eigenvalue weighted by atomic mass is 79.9. The number of rotatable bonds is 1. The summed E-state index contributed by atoms with van der Waals surface area (Å²) >= 11 is 3.20. The quantitative estimate of drug-likeness (QED) is 0.760. The number of carbonyl (C=O) groups is 2. The maximum Gasteiger partial charge on any atom is 0.255 e. The first-order chi connectivity index (χ1) is 7.66. The Labute approximate surface area is 101 Å². The maximum absolute atomic E-state index is 11.9. The lowest BCUT2D eigenvalue weighted by Gasteiger charge is -2.26. The zero-order valence-corrected chi connectivity index (χ0v) is 10.0. The van der Waals surface area contributed by atoms with Gasteiger partial charge >= 0.3 is 0 Å². The Morgan fingerprint density at radius 3 is 2.94 bits per heavy atom. The molecule has 0 unspecified atom stereocenters. The Morgan fingerprint density at radius 2 is 2.31 bits per heavy atom. The number of halogens is 1. The Morgan fingerprint density at radius 1 is 1.50 bits per heavy atom. The van der Waals surface area contributed by atoms with E-state index < -0.39 is 0 Å². The lowest BCUT2D eigenvalue weighted by atomic mass is 10.2. The van der Waals surface area contributed by atoms with E-state index in [-0.39, 0.29) is 18.4 Å². The van der Waals surface area contributed by atoms with Crippen molar-refractivity contribution in [1.29, 1.82) is 0 Å². The van der Waals surface area contributed by atoms with Crippen molar-refractivity contribution in [3.63, 3.8) is 0 Å². The molecule has 1 aliphatic heterocycles. The van der Waals surface area contributed by atoms with E-state index in [4.69, 9.17) is 0 Å². The molecule has 2 rings (SSSR count). The van der Waals surface area contributed by atoms with Crippen LogP contribution >= 0.6 is 15.9 Å². The lowest BCUT2D eigenvalue weighted by molar-refractivity contribution is -0.123. The summed E-state index contributed by atoms with van der Waals surface area (Å²) in [4.78, 5) is 28.6. The van der Waals surface area contributed by atoms with E-state index in [2.05, 4.69) is 26.2 Å². The molecule has 0 radical (unpaired) electrons. The molecule has 1 aromatic heterocycles. The molecule has 0 bridgehead atoms. The molecule has 16 heavy (non-hydrogen) atoms. The lowest BCUT2D eigenvalue weighted by Crippen LogP contribution is -2.49. The van der Waals surface area contributed by atoms with Gasteiger partial charge in [0.1, 0.15) is 4.60 Å². The molecule has 1 aromatic rings. The molecule has 0 aromatic carbocycles. The van der Waals surface area contributed by atoms with Crippen LogP contribution in [0.25, 0.3) is 0 Å². The van der Waals surface area contributed by atoms with Gasteiger partial charge in [-0.2, -0.15) is 0 Å². The molecule has 5 nitrogen and oxygen atoms in total. The molecule has 0 spiro atoms. The Balaban J connectivity index is 2.12. The topological polar surface area (TPSA) is 62.3 Å². The molecule has 1 fully saturated rings. The van der Waals surface area contributed by atoms with Crippen LogP contribution in [0.4, 0.5) is 0 Å². The number of hydrogen-bond donors (Lipinski definition) is 1. The van der Waals surface area contributed by atoms with Crippen LogP contribution < -0.4 is 5.32 Å². The van der Waals surface area contributed by atoms with E-state index in [1.165, 1.54) is 11.1 Å². The van der Waals surface area contributed by atoms with Crippen molar-refractivity contribution in [3.8, 4) is 0 Å². The van der Waals surface area contributed by atoms with Crippen LogP contribution in [-0.4, -0.2) is 41.3 Å². The van der Waals surface area contributed by atoms with Crippen molar-refractivity contribution in [1.82, 2.24) is 15.2 Å². The third-order valence-electron chi connectivity index (χ3n) is 2.30. The number of hydrogen-bond acceptors (Lipinski definition) is 3. The zero-order valence-electron chi connectivity index (χ0n) is 8.44. The minimum atomic E-state index is -0.158. The largest absolute Gasteiger partial charge is 0.353 e. The second-order valence-electron chi connectivity index (χ2n) is 3.45. The van der Waals surface area contributed by atoms with Gasteiger partial charge in [-0.25, -0.2) is 4.98 Å². The molecule has 0 saturated carbocycles. The van der Waals surface area contributed by atoms with Crippen molar-refractivity contribution >= 4 is 27.7 Å². The fourth-order valence-electron chi connectivity index (χ4n) is 1.50. The zero-order chi connectivity index (χ0) is 11.5. The van der Waals surface area contributed by atoms with Crippen molar-refractivity contribution in [2.45, 2.75) is 0 Å². The number of pyridine rings is 1. The predicted molar refractivity (Wildman–Crippen MR) is 60.9 cm³/mol. The summed E-state index contributed by atoms with van der Waals surface area (Å²) in [6, 6.07) is 3.39. The fourth-order valence-corrected chi connectivity index (χ4v) is 1.73. The number of aromatic nitrogens is 1. The van der Waals surface area contributed by atoms with Crippen LogP contribution in [0.2, 0.25) is 0 Å². The summed E-state index contributed by atoms with van der Waals surface area (Å²) in [7, 11) is 0. The number of nitrogens with one attached hydrogen (secondary N) is 1. The second-order valence-corrected chi connectivity index (χ2v) is 4.26. The Hall–Kier alpha value is -1.43. The molecule has 0 atom stereocenters. The standard InChI is InChI=1S/C10H10BrN3O2/c11-8-2-1-7(5-13-8)10(16)14-4-3-12-9(15)6-14/h1-2,5H,3-4,6H2,(H,12,15). The van der Waals surface area contributed by atoms with Crippen LogP contribution in [0.3, 0.4) is 0 Å².